The smallest absolute Gasteiger partial charge is 0.262 e. The molecule has 0 spiro atoms. The summed E-state index contributed by atoms with van der Waals surface area (Å²) in [5.41, 5.74) is 0.970. The molecule has 0 unspecified atom stereocenters. The second-order valence-electron chi connectivity index (χ2n) is 6.14. The molecule has 2 N–H and O–H groups in total. The monoisotopic (exact) mass is 508 g/mol. The largest absolute Gasteiger partial charge is 0.492 e. The first-order chi connectivity index (χ1) is 14.3. The SMILES string of the molecule is CCOc1ccc(S(=O)(=O)Nc2ccccc2Br)cc1NC(=O)c1cccc(Cl)c1. The molecular weight excluding hydrogens is 492 g/mol. The number of nitrogens with one attached hydrogen (secondary N) is 2. The van der Waals surface area contributed by atoms with Crippen molar-refractivity contribution in [2.75, 3.05) is 16.6 Å². The molecule has 3 aromatic carbocycles. The highest BCUT2D eigenvalue weighted by Crippen LogP contribution is 2.30. The highest BCUT2D eigenvalue weighted by molar-refractivity contribution is 9.10. The summed E-state index contributed by atoms with van der Waals surface area (Å²) in [6.07, 6.45) is 0. The van der Waals surface area contributed by atoms with Crippen molar-refractivity contribution < 1.29 is 17.9 Å². The van der Waals surface area contributed by atoms with Crippen LogP contribution >= 0.6 is 27.5 Å². The third-order valence-electron chi connectivity index (χ3n) is 4.01. The van der Waals surface area contributed by atoms with Gasteiger partial charge in [-0.2, -0.15) is 0 Å². The van der Waals surface area contributed by atoms with Gasteiger partial charge in [0.25, 0.3) is 15.9 Å². The molecule has 0 aliphatic carbocycles. The van der Waals surface area contributed by atoms with E-state index in [2.05, 4.69) is 26.0 Å². The van der Waals surface area contributed by atoms with Crippen molar-refractivity contribution in [3.05, 3.63) is 81.8 Å². The summed E-state index contributed by atoms with van der Waals surface area (Å²) < 4.78 is 34.4. The first kappa shape index (κ1) is 22.1. The Kier molecular flexibility index (Phi) is 7.02. The van der Waals surface area contributed by atoms with Gasteiger partial charge in [0.15, 0.2) is 0 Å². The molecule has 0 aliphatic heterocycles. The zero-order valence-corrected chi connectivity index (χ0v) is 19.0. The van der Waals surface area contributed by atoms with E-state index < -0.39 is 15.9 Å². The molecule has 0 aromatic heterocycles. The van der Waals surface area contributed by atoms with E-state index in [0.717, 1.165) is 0 Å². The Balaban J connectivity index is 1.94. The van der Waals surface area contributed by atoms with Crippen molar-refractivity contribution >= 4 is 54.8 Å². The third kappa shape index (κ3) is 5.33. The van der Waals surface area contributed by atoms with E-state index in [9.17, 15) is 13.2 Å². The van der Waals surface area contributed by atoms with Crippen LogP contribution in [0.2, 0.25) is 5.02 Å². The molecule has 30 heavy (non-hydrogen) atoms. The molecule has 9 heteroatoms. The standard InChI is InChI=1S/C21H18BrClN2O4S/c1-2-29-20-11-10-16(30(27,28)25-18-9-4-3-8-17(18)22)13-19(20)24-21(26)14-6-5-7-15(23)12-14/h3-13,25H,2H2,1H3,(H,24,26). The number of carbonyl (C=O) groups is 1. The van der Waals surface area contributed by atoms with Crippen LogP contribution in [0.1, 0.15) is 17.3 Å². The summed E-state index contributed by atoms with van der Waals surface area (Å²) in [5.74, 6) is -0.0838. The molecular formula is C21H18BrClN2O4S. The van der Waals surface area contributed by atoms with Crippen molar-refractivity contribution in [3.8, 4) is 5.75 Å². The van der Waals surface area contributed by atoms with Gasteiger partial charge in [-0.05, 0) is 71.4 Å². The van der Waals surface area contributed by atoms with Crippen LogP contribution in [-0.2, 0) is 10.0 Å². The first-order valence-electron chi connectivity index (χ1n) is 8.91. The van der Waals surface area contributed by atoms with Gasteiger partial charge in [-0.25, -0.2) is 8.42 Å². The lowest BCUT2D eigenvalue weighted by atomic mass is 10.2. The Morgan fingerprint density at radius 2 is 1.80 bits per heavy atom. The van der Waals surface area contributed by atoms with Crippen LogP contribution < -0.4 is 14.8 Å². The second-order valence-corrected chi connectivity index (χ2v) is 9.11. The van der Waals surface area contributed by atoms with E-state index in [1.54, 1.807) is 49.4 Å². The van der Waals surface area contributed by atoms with Crippen LogP contribution in [0, 0.1) is 0 Å². The number of amides is 1. The maximum Gasteiger partial charge on any atom is 0.262 e. The van der Waals surface area contributed by atoms with Crippen molar-refractivity contribution in [3.63, 3.8) is 0 Å². The number of ether oxygens (including phenoxy) is 1. The lowest BCUT2D eigenvalue weighted by Crippen LogP contribution is -2.16. The highest BCUT2D eigenvalue weighted by atomic mass is 79.9. The predicted octanol–water partition coefficient (Wildman–Crippen LogP) is 5.55. The van der Waals surface area contributed by atoms with E-state index >= 15 is 0 Å². The fraction of sp³-hybridized carbons (Fsp3) is 0.0952. The zero-order chi connectivity index (χ0) is 21.7. The fourth-order valence-electron chi connectivity index (χ4n) is 2.63. The fourth-order valence-corrected chi connectivity index (χ4v) is 4.44. The molecule has 1 amide bonds. The van der Waals surface area contributed by atoms with E-state index in [1.165, 1.54) is 24.3 Å². The first-order valence-corrected chi connectivity index (χ1v) is 11.6. The molecule has 0 aliphatic rings. The van der Waals surface area contributed by atoms with Gasteiger partial charge in [-0.1, -0.05) is 29.8 Å². The van der Waals surface area contributed by atoms with Crippen molar-refractivity contribution in [1.82, 2.24) is 0 Å². The lowest BCUT2D eigenvalue weighted by Gasteiger charge is -2.15. The molecule has 3 rings (SSSR count). The van der Waals surface area contributed by atoms with E-state index in [0.29, 0.717) is 33.1 Å². The number of halogens is 2. The molecule has 6 nitrogen and oxygen atoms in total. The number of hydrogen-bond donors (Lipinski definition) is 2. The topological polar surface area (TPSA) is 84.5 Å². The van der Waals surface area contributed by atoms with Crippen LogP contribution in [0.4, 0.5) is 11.4 Å². The number of para-hydroxylation sites is 1. The van der Waals surface area contributed by atoms with Crippen LogP contribution in [0.25, 0.3) is 0 Å². The van der Waals surface area contributed by atoms with Gasteiger partial charge >= 0.3 is 0 Å². The molecule has 156 valence electrons. The molecule has 0 fully saturated rings. The molecule has 0 radical (unpaired) electrons. The minimum Gasteiger partial charge on any atom is -0.492 e. The number of sulfonamides is 1. The van der Waals surface area contributed by atoms with E-state index in [-0.39, 0.29) is 10.6 Å². The number of hydrogen-bond acceptors (Lipinski definition) is 4. The number of benzene rings is 3. The Bertz CT molecular complexity index is 1190. The predicted molar refractivity (Wildman–Crippen MR) is 122 cm³/mol. The van der Waals surface area contributed by atoms with E-state index in [1.807, 2.05) is 0 Å². The molecule has 0 saturated heterocycles. The Morgan fingerprint density at radius 1 is 1.03 bits per heavy atom. The molecule has 0 atom stereocenters. The summed E-state index contributed by atoms with van der Waals surface area (Å²) in [4.78, 5) is 12.6. The summed E-state index contributed by atoms with van der Waals surface area (Å²) in [6, 6.07) is 17.6. The molecule has 0 heterocycles. The third-order valence-corrected chi connectivity index (χ3v) is 6.30. The van der Waals surface area contributed by atoms with Crippen molar-refractivity contribution in [1.29, 1.82) is 0 Å². The zero-order valence-electron chi connectivity index (χ0n) is 15.9. The van der Waals surface area contributed by atoms with Gasteiger partial charge in [0.1, 0.15) is 5.75 Å². The van der Waals surface area contributed by atoms with Gasteiger partial charge < -0.3 is 10.1 Å². The normalized spacial score (nSPS) is 11.0. The Hall–Kier alpha value is -2.55. The van der Waals surface area contributed by atoms with Crippen LogP contribution in [0.5, 0.6) is 5.75 Å². The molecule has 3 aromatic rings. The van der Waals surface area contributed by atoms with Crippen LogP contribution in [-0.4, -0.2) is 20.9 Å². The van der Waals surface area contributed by atoms with Gasteiger partial charge in [0.2, 0.25) is 0 Å². The summed E-state index contributed by atoms with van der Waals surface area (Å²) in [7, 11) is -3.91. The Morgan fingerprint density at radius 3 is 2.50 bits per heavy atom. The number of anilines is 2. The van der Waals surface area contributed by atoms with Gasteiger partial charge in [0, 0.05) is 15.1 Å². The quantitative estimate of drug-likeness (QED) is 0.437. The van der Waals surface area contributed by atoms with Crippen molar-refractivity contribution in [2.45, 2.75) is 11.8 Å². The molecule has 0 saturated carbocycles. The van der Waals surface area contributed by atoms with Crippen LogP contribution in [0.3, 0.4) is 0 Å². The van der Waals surface area contributed by atoms with Crippen molar-refractivity contribution in [2.24, 2.45) is 0 Å². The summed E-state index contributed by atoms with van der Waals surface area (Å²) in [5, 5.41) is 3.12. The van der Waals surface area contributed by atoms with Gasteiger partial charge in [0.05, 0.1) is 22.9 Å². The van der Waals surface area contributed by atoms with Gasteiger partial charge in [-0.15, -0.1) is 0 Å². The average Bonchev–Trinajstić information content (AvgIpc) is 2.71. The maximum atomic E-state index is 12.9. The molecule has 0 bridgehead atoms. The summed E-state index contributed by atoms with van der Waals surface area (Å²) in [6.45, 7) is 2.14. The lowest BCUT2D eigenvalue weighted by molar-refractivity contribution is 0.102. The second kappa shape index (κ2) is 9.51. The Labute approximate surface area is 188 Å². The maximum absolute atomic E-state index is 12.9. The number of rotatable bonds is 7. The summed E-state index contributed by atoms with van der Waals surface area (Å²) >= 11 is 9.27. The minimum atomic E-state index is -3.91. The number of carbonyl (C=O) groups excluding carboxylic acids is 1. The van der Waals surface area contributed by atoms with Crippen LogP contribution in [0.15, 0.2) is 76.1 Å². The van der Waals surface area contributed by atoms with E-state index in [4.69, 9.17) is 16.3 Å². The minimum absolute atomic E-state index is 0.0249. The average molecular weight is 510 g/mol. The van der Waals surface area contributed by atoms with Gasteiger partial charge in [-0.3, -0.25) is 9.52 Å². The highest BCUT2D eigenvalue weighted by Gasteiger charge is 2.19.